The van der Waals surface area contributed by atoms with E-state index < -0.39 is 0 Å². The number of hydrogen-bond acceptors (Lipinski definition) is 4. The van der Waals surface area contributed by atoms with Gasteiger partial charge >= 0.3 is 0 Å². The van der Waals surface area contributed by atoms with E-state index in [-0.39, 0.29) is 5.92 Å². The van der Waals surface area contributed by atoms with Crippen molar-refractivity contribution in [2.45, 2.75) is 129 Å². The van der Waals surface area contributed by atoms with Crippen molar-refractivity contribution in [1.29, 1.82) is 5.26 Å². The van der Waals surface area contributed by atoms with Crippen LogP contribution >= 0.6 is 0 Å². The van der Waals surface area contributed by atoms with Gasteiger partial charge in [0.05, 0.1) is 5.76 Å². The van der Waals surface area contributed by atoms with Crippen LogP contribution < -0.4 is 16.0 Å². The maximum Gasteiger partial charge on any atom is 0.209 e. The lowest BCUT2D eigenvalue weighted by atomic mass is 9.89. The predicted molar refractivity (Wildman–Crippen MR) is 156 cm³/mol. The van der Waals surface area contributed by atoms with Gasteiger partial charge in [0, 0.05) is 37.3 Å². The van der Waals surface area contributed by atoms with Crippen LogP contribution in [-0.4, -0.2) is 24.2 Å². The predicted octanol–water partition coefficient (Wildman–Crippen LogP) is 7.88. The van der Waals surface area contributed by atoms with Crippen LogP contribution in [0.15, 0.2) is 40.4 Å². The van der Waals surface area contributed by atoms with Gasteiger partial charge in [0.25, 0.3) is 0 Å². The van der Waals surface area contributed by atoms with E-state index >= 15 is 0 Å². The van der Waals surface area contributed by atoms with E-state index in [2.05, 4.69) is 27.9 Å². The quantitative estimate of drug-likeness (QED) is 0.0544. The molecule has 0 bridgehead atoms. The first kappa shape index (κ1) is 30.8. The monoisotopic (exact) mass is 511 g/mol. The molecule has 0 amide bonds. The van der Waals surface area contributed by atoms with Crippen LogP contribution in [0.1, 0.15) is 129 Å². The molecular weight excluding hydrogens is 458 g/mol. The van der Waals surface area contributed by atoms with Gasteiger partial charge in [-0.15, -0.1) is 4.99 Å². The number of nitrogens with one attached hydrogen (secondary N) is 3. The van der Waals surface area contributed by atoms with Gasteiger partial charge in [0.2, 0.25) is 12.2 Å². The Kier molecular flexibility index (Phi) is 17.2. The van der Waals surface area contributed by atoms with E-state index in [0.717, 1.165) is 25.1 Å². The molecule has 208 valence electrons. The number of allylic oxidation sites excluding steroid dienone is 4. The van der Waals surface area contributed by atoms with Crippen molar-refractivity contribution in [2.24, 2.45) is 10.9 Å². The number of hydrogen-bond donors (Lipinski definition) is 4. The SMILES string of the molecule is CCCCCCCCCCCCCCCCCCCN/C(=N\C#N)NCCC1=CNC2=CC=C(O)CC12. The molecule has 1 unspecified atom stereocenters. The van der Waals surface area contributed by atoms with Crippen molar-refractivity contribution in [3.05, 3.63) is 35.4 Å². The van der Waals surface area contributed by atoms with Gasteiger partial charge in [-0.1, -0.05) is 110 Å². The van der Waals surface area contributed by atoms with Crippen LogP contribution in [-0.2, 0) is 0 Å². The maximum absolute atomic E-state index is 9.82. The Morgan fingerprint density at radius 3 is 1.97 bits per heavy atom. The smallest absolute Gasteiger partial charge is 0.209 e. The molecule has 0 saturated carbocycles. The van der Waals surface area contributed by atoms with E-state index in [1.54, 1.807) is 6.08 Å². The van der Waals surface area contributed by atoms with E-state index in [9.17, 15) is 5.11 Å². The number of fused-ring (bicyclic) bond motifs is 1. The number of nitrogens with zero attached hydrogens (tertiary/aromatic N) is 2. The summed E-state index contributed by atoms with van der Waals surface area (Å²) in [6, 6.07) is 0. The van der Waals surface area contributed by atoms with E-state index in [1.807, 2.05) is 18.5 Å². The Bertz CT molecular complexity index is 777. The summed E-state index contributed by atoms with van der Waals surface area (Å²) in [7, 11) is 0. The molecule has 1 aliphatic carbocycles. The highest BCUT2D eigenvalue weighted by molar-refractivity contribution is 5.80. The van der Waals surface area contributed by atoms with Crippen molar-refractivity contribution in [3.8, 4) is 6.19 Å². The highest BCUT2D eigenvalue weighted by Crippen LogP contribution is 2.34. The van der Waals surface area contributed by atoms with E-state index in [4.69, 9.17) is 5.26 Å². The first-order valence-electron chi connectivity index (χ1n) is 15.2. The zero-order valence-electron chi connectivity index (χ0n) is 23.5. The number of aliphatic hydroxyl groups excluding tert-OH is 1. The minimum atomic E-state index is 0.242. The molecule has 6 heteroatoms. The van der Waals surface area contributed by atoms with Gasteiger partial charge in [0.15, 0.2) is 0 Å². The standard InChI is InChI=1S/C31H53N5O/c1-2-3-4-5-6-7-8-9-10-11-12-13-14-15-16-17-18-22-33-31(36-26-32)34-23-21-27-25-35-30-20-19-28(37)24-29(27)30/h19-20,25,29,35,37H,2-18,21-24H2,1H3,(H2,33,34,36). The normalized spacial score (nSPS) is 16.8. The number of nitriles is 1. The number of aliphatic hydroxyl groups is 1. The highest BCUT2D eigenvalue weighted by Gasteiger charge is 2.26. The van der Waals surface area contributed by atoms with E-state index in [0.29, 0.717) is 24.7 Å². The first-order chi connectivity index (χ1) is 18.2. The number of unbranched alkanes of at least 4 members (excludes halogenated alkanes) is 16. The second-order valence-corrected chi connectivity index (χ2v) is 10.7. The number of aliphatic imine (C=N–C) groups is 1. The highest BCUT2D eigenvalue weighted by atomic mass is 16.3. The second kappa shape index (κ2) is 20.6. The number of guanidine groups is 1. The Hall–Kier alpha value is -2.42. The minimum absolute atomic E-state index is 0.242. The summed E-state index contributed by atoms with van der Waals surface area (Å²) >= 11 is 0. The van der Waals surface area contributed by atoms with Crippen LogP contribution in [0, 0.1) is 17.4 Å². The summed E-state index contributed by atoms with van der Waals surface area (Å²) < 4.78 is 0. The molecule has 4 N–H and O–H groups in total. The van der Waals surface area contributed by atoms with Crippen molar-refractivity contribution >= 4 is 5.96 Å². The third-order valence-electron chi connectivity index (χ3n) is 7.56. The third kappa shape index (κ3) is 14.2. The van der Waals surface area contributed by atoms with Crippen molar-refractivity contribution in [2.75, 3.05) is 13.1 Å². The second-order valence-electron chi connectivity index (χ2n) is 10.7. The molecule has 37 heavy (non-hydrogen) atoms. The zero-order valence-corrected chi connectivity index (χ0v) is 23.5. The van der Waals surface area contributed by atoms with Gasteiger partial charge in [-0.3, -0.25) is 0 Å². The molecule has 6 nitrogen and oxygen atoms in total. The summed E-state index contributed by atoms with van der Waals surface area (Å²) in [4.78, 5) is 3.90. The Morgan fingerprint density at radius 2 is 1.41 bits per heavy atom. The van der Waals surface area contributed by atoms with Crippen LogP contribution in [0.3, 0.4) is 0 Å². The molecule has 2 aliphatic rings. The van der Waals surface area contributed by atoms with E-state index in [1.165, 1.54) is 108 Å². The Balaban J connectivity index is 1.37. The van der Waals surface area contributed by atoms with Crippen LogP contribution in [0.25, 0.3) is 0 Å². The summed E-state index contributed by atoms with van der Waals surface area (Å²) in [5, 5.41) is 28.7. The molecule has 0 aromatic heterocycles. The Labute approximate surface area is 226 Å². The molecule has 0 aromatic rings. The molecular formula is C31H53N5O. The fourth-order valence-corrected chi connectivity index (χ4v) is 5.27. The van der Waals surface area contributed by atoms with Gasteiger partial charge in [-0.25, -0.2) is 0 Å². The molecule has 0 aromatic carbocycles. The van der Waals surface area contributed by atoms with Gasteiger partial charge in [0.1, 0.15) is 0 Å². The van der Waals surface area contributed by atoms with Crippen molar-refractivity contribution in [3.63, 3.8) is 0 Å². The molecule has 0 spiro atoms. The third-order valence-corrected chi connectivity index (χ3v) is 7.56. The average Bonchev–Trinajstić information content (AvgIpc) is 3.29. The molecule has 1 atom stereocenters. The minimum Gasteiger partial charge on any atom is -0.512 e. The summed E-state index contributed by atoms with van der Waals surface area (Å²) in [5.74, 6) is 1.23. The average molecular weight is 512 g/mol. The lowest BCUT2D eigenvalue weighted by molar-refractivity contribution is 0.368. The summed E-state index contributed by atoms with van der Waals surface area (Å²) in [6.45, 7) is 3.83. The molecule has 2 rings (SSSR count). The summed E-state index contributed by atoms with van der Waals surface area (Å²) in [5.41, 5.74) is 2.42. The van der Waals surface area contributed by atoms with Crippen LogP contribution in [0.4, 0.5) is 0 Å². The van der Waals surface area contributed by atoms with Gasteiger partial charge in [-0.05, 0) is 30.6 Å². The molecule has 1 aliphatic heterocycles. The summed E-state index contributed by atoms with van der Waals surface area (Å²) in [6.07, 6.45) is 32.5. The molecule has 1 heterocycles. The molecule has 0 radical (unpaired) electrons. The number of rotatable bonds is 21. The first-order valence-corrected chi connectivity index (χ1v) is 15.2. The van der Waals surface area contributed by atoms with Gasteiger partial charge in [-0.2, -0.15) is 5.26 Å². The van der Waals surface area contributed by atoms with Crippen LogP contribution in [0.5, 0.6) is 0 Å². The fraction of sp³-hybridized carbons (Fsp3) is 0.742. The lowest BCUT2D eigenvalue weighted by Crippen LogP contribution is -2.38. The fourth-order valence-electron chi connectivity index (χ4n) is 5.27. The van der Waals surface area contributed by atoms with Gasteiger partial charge < -0.3 is 21.1 Å². The van der Waals surface area contributed by atoms with Crippen molar-refractivity contribution < 1.29 is 5.11 Å². The zero-order chi connectivity index (χ0) is 26.4. The molecule has 0 saturated heterocycles. The van der Waals surface area contributed by atoms with Crippen LogP contribution in [0.2, 0.25) is 0 Å². The lowest BCUT2D eigenvalue weighted by Gasteiger charge is -2.19. The van der Waals surface area contributed by atoms with Crippen molar-refractivity contribution in [1.82, 2.24) is 16.0 Å². The Morgan fingerprint density at radius 1 is 0.865 bits per heavy atom. The largest absolute Gasteiger partial charge is 0.512 e. The maximum atomic E-state index is 9.82. The topological polar surface area (TPSA) is 92.5 Å². The molecule has 0 fully saturated rings.